The van der Waals surface area contributed by atoms with E-state index in [-0.39, 0.29) is 19.6 Å². The summed E-state index contributed by atoms with van der Waals surface area (Å²) < 4.78 is 9.78. The van der Waals surface area contributed by atoms with E-state index in [1.165, 1.54) is 12.0 Å². The van der Waals surface area contributed by atoms with Gasteiger partial charge in [0.05, 0.1) is 19.8 Å². The van der Waals surface area contributed by atoms with E-state index in [0.717, 1.165) is 5.56 Å². The lowest BCUT2D eigenvalue weighted by Crippen LogP contribution is -2.41. The van der Waals surface area contributed by atoms with Gasteiger partial charge in [0, 0.05) is 6.42 Å². The van der Waals surface area contributed by atoms with Crippen molar-refractivity contribution in [2.75, 3.05) is 13.7 Å². The van der Waals surface area contributed by atoms with Crippen molar-refractivity contribution in [3.05, 3.63) is 35.9 Å². The number of nitrogens with zero attached hydrogens (tertiary/aromatic N) is 1. The molecule has 1 fully saturated rings. The minimum absolute atomic E-state index is 0.0768. The fourth-order valence-corrected chi connectivity index (χ4v) is 2.18. The molecule has 1 saturated heterocycles. The van der Waals surface area contributed by atoms with Gasteiger partial charge in [-0.2, -0.15) is 0 Å². The third kappa shape index (κ3) is 3.27. The third-order valence-corrected chi connectivity index (χ3v) is 3.19. The first-order valence-electron chi connectivity index (χ1n) is 6.35. The SMILES string of the molecule is COC(=O)C1CC(O)CN1C(=O)OCc1ccccc1. The molecule has 0 bridgehead atoms. The summed E-state index contributed by atoms with van der Waals surface area (Å²) in [5.74, 6) is -0.543. The minimum Gasteiger partial charge on any atom is -0.467 e. The Balaban J connectivity index is 1.95. The van der Waals surface area contributed by atoms with Gasteiger partial charge in [-0.1, -0.05) is 30.3 Å². The average Bonchev–Trinajstić information content (AvgIpc) is 2.87. The normalized spacial score (nSPS) is 21.6. The molecule has 1 aromatic rings. The Bertz CT molecular complexity index is 476. The highest BCUT2D eigenvalue weighted by atomic mass is 16.6. The smallest absolute Gasteiger partial charge is 0.410 e. The predicted octanol–water partition coefficient (Wildman–Crippen LogP) is 0.931. The van der Waals surface area contributed by atoms with Crippen molar-refractivity contribution in [1.29, 1.82) is 0 Å². The van der Waals surface area contributed by atoms with Gasteiger partial charge in [0.1, 0.15) is 12.6 Å². The van der Waals surface area contributed by atoms with Crippen LogP contribution in [0.15, 0.2) is 30.3 Å². The van der Waals surface area contributed by atoms with Crippen molar-refractivity contribution in [2.24, 2.45) is 0 Å². The van der Waals surface area contributed by atoms with E-state index < -0.39 is 24.2 Å². The summed E-state index contributed by atoms with van der Waals surface area (Å²) in [4.78, 5) is 24.8. The van der Waals surface area contributed by atoms with E-state index in [9.17, 15) is 14.7 Å². The number of hydrogen-bond donors (Lipinski definition) is 1. The molecule has 2 unspecified atom stereocenters. The summed E-state index contributed by atoms with van der Waals surface area (Å²) in [7, 11) is 1.25. The molecule has 1 aliphatic heterocycles. The molecule has 1 aliphatic rings. The average molecular weight is 279 g/mol. The van der Waals surface area contributed by atoms with E-state index >= 15 is 0 Å². The van der Waals surface area contributed by atoms with Crippen LogP contribution in [0.3, 0.4) is 0 Å². The number of hydrogen-bond acceptors (Lipinski definition) is 5. The van der Waals surface area contributed by atoms with Crippen molar-refractivity contribution in [3.8, 4) is 0 Å². The number of aliphatic hydroxyl groups excluding tert-OH is 1. The quantitative estimate of drug-likeness (QED) is 0.833. The van der Waals surface area contributed by atoms with Crippen LogP contribution in [0.2, 0.25) is 0 Å². The monoisotopic (exact) mass is 279 g/mol. The number of amides is 1. The minimum atomic E-state index is -0.779. The molecule has 0 aromatic heterocycles. The van der Waals surface area contributed by atoms with E-state index in [1.807, 2.05) is 30.3 Å². The molecule has 0 radical (unpaired) electrons. The van der Waals surface area contributed by atoms with Crippen LogP contribution in [0.25, 0.3) is 0 Å². The maximum Gasteiger partial charge on any atom is 0.410 e. The molecule has 6 heteroatoms. The van der Waals surface area contributed by atoms with Crippen LogP contribution >= 0.6 is 0 Å². The number of methoxy groups -OCH3 is 1. The number of β-amino-alcohol motifs (C(OH)–C–C–N with tert-alkyl or cyclic N) is 1. The van der Waals surface area contributed by atoms with Gasteiger partial charge in [0.15, 0.2) is 0 Å². The number of likely N-dealkylation sites (tertiary alicyclic amines) is 1. The van der Waals surface area contributed by atoms with Gasteiger partial charge in [0.2, 0.25) is 0 Å². The lowest BCUT2D eigenvalue weighted by Gasteiger charge is -2.21. The van der Waals surface area contributed by atoms with Crippen LogP contribution in [0, 0.1) is 0 Å². The van der Waals surface area contributed by atoms with Gasteiger partial charge in [-0.3, -0.25) is 4.90 Å². The molecule has 2 atom stereocenters. The van der Waals surface area contributed by atoms with Crippen molar-refractivity contribution < 1.29 is 24.2 Å². The molecular weight excluding hydrogens is 262 g/mol. The molecule has 20 heavy (non-hydrogen) atoms. The molecule has 2 rings (SSSR count). The Labute approximate surface area is 116 Å². The number of aliphatic hydroxyl groups is 1. The standard InChI is InChI=1S/C14H17NO5/c1-19-13(17)12-7-11(16)8-15(12)14(18)20-9-10-5-3-2-4-6-10/h2-6,11-12,16H,7-9H2,1H3. The van der Waals surface area contributed by atoms with Crippen LogP contribution in [0.4, 0.5) is 4.79 Å². The second-order valence-electron chi connectivity index (χ2n) is 4.62. The number of rotatable bonds is 3. The summed E-state index contributed by atoms with van der Waals surface area (Å²) in [6.07, 6.45) is -1.18. The van der Waals surface area contributed by atoms with E-state index in [0.29, 0.717) is 0 Å². The molecule has 1 heterocycles. The first-order valence-corrected chi connectivity index (χ1v) is 6.35. The Morgan fingerprint density at radius 1 is 1.35 bits per heavy atom. The van der Waals surface area contributed by atoms with Crippen LogP contribution in [-0.2, 0) is 20.9 Å². The van der Waals surface area contributed by atoms with Crippen LogP contribution < -0.4 is 0 Å². The van der Waals surface area contributed by atoms with Crippen molar-refractivity contribution in [3.63, 3.8) is 0 Å². The lowest BCUT2D eigenvalue weighted by atomic mass is 10.2. The summed E-state index contributed by atoms with van der Waals surface area (Å²) >= 11 is 0. The van der Waals surface area contributed by atoms with Crippen LogP contribution in [-0.4, -0.2) is 47.9 Å². The predicted molar refractivity (Wildman–Crippen MR) is 69.8 cm³/mol. The zero-order chi connectivity index (χ0) is 14.5. The Hall–Kier alpha value is -2.08. The van der Waals surface area contributed by atoms with Crippen LogP contribution in [0.1, 0.15) is 12.0 Å². The Kier molecular flexibility index (Phi) is 4.57. The number of benzene rings is 1. The molecule has 0 aliphatic carbocycles. The van der Waals surface area contributed by atoms with Crippen molar-refractivity contribution >= 4 is 12.1 Å². The second kappa shape index (κ2) is 6.38. The molecule has 1 amide bonds. The molecule has 1 N–H and O–H groups in total. The zero-order valence-corrected chi connectivity index (χ0v) is 11.2. The zero-order valence-electron chi connectivity index (χ0n) is 11.2. The number of ether oxygens (including phenoxy) is 2. The maximum atomic E-state index is 12.0. The largest absolute Gasteiger partial charge is 0.467 e. The fourth-order valence-electron chi connectivity index (χ4n) is 2.18. The molecule has 0 saturated carbocycles. The summed E-state index contributed by atoms with van der Waals surface area (Å²) in [5.41, 5.74) is 0.857. The highest BCUT2D eigenvalue weighted by Crippen LogP contribution is 2.20. The maximum absolute atomic E-state index is 12.0. The second-order valence-corrected chi connectivity index (χ2v) is 4.62. The fraction of sp³-hybridized carbons (Fsp3) is 0.429. The Morgan fingerprint density at radius 2 is 2.05 bits per heavy atom. The van der Waals surface area contributed by atoms with E-state index in [1.54, 1.807) is 0 Å². The van der Waals surface area contributed by atoms with Gasteiger partial charge >= 0.3 is 12.1 Å². The van der Waals surface area contributed by atoms with Gasteiger partial charge in [-0.15, -0.1) is 0 Å². The van der Waals surface area contributed by atoms with Gasteiger partial charge in [0.25, 0.3) is 0 Å². The number of carbonyl (C=O) groups excluding carboxylic acids is 2. The molecule has 6 nitrogen and oxygen atoms in total. The Morgan fingerprint density at radius 3 is 2.70 bits per heavy atom. The van der Waals surface area contributed by atoms with E-state index in [4.69, 9.17) is 4.74 Å². The summed E-state index contributed by atoms with van der Waals surface area (Å²) in [6, 6.07) is 8.46. The first-order chi connectivity index (χ1) is 9.61. The van der Waals surface area contributed by atoms with Gasteiger partial charge in [-0.05, 0) is 5.56 Å². The highest BCUT2D eigenvalue weighted by Gasteiger charge is 2.40. The summed E-state index contributed by atoms with van der Waals surface area (Å²) in [6.45, 7) is 0.202. The number of esters is 1. The topological polar surface area (TPSA) is 76.1 Å². The molecule has 108 valence electrons. The van der Waals surface area contributed by atoms with Gasteiger partial charge < -0.3 is 14.6 Å². The first kappa shape index (κ1) is 14.3. The lowest BCUT2D eigenvalue weighted by molar-refractivity contribution is -0.145. The summed E-state index contributed by atoms with van der Waals surface area (Å²) in [5, 5.41) is 9.59. The van der Waals surface area contributed by atoms with Crippen LogP contribution in [0.5, 0.6) is 0 Å². The third-order valence-electron chi connectivity index (χ3n) is 3.19. The van der Waals surface area contributed by atoms with Crippen molar-refractivity contribution in [1.82, 2.24) is 4.90 Å². The molecule has 1 aromatic carbocycles. The molecule has 0 spiro atoms. The highest BCUT2D eigenvalue weighted by molar-refractivity contribution is 5.82. The van der Waals surface area contributed by atoms with Gasteiger partial charge in [-0.25, -0.2) is 9.59 Å². The molecular formula is C14H17NO5. The van der Waals surface area contributed by atoms with Crippen molar-refractivity contribution in [2.45, 2.75) is 25.2 Å². The van der Waals surface area contributed by atoms with E-state index in [2.05, 4.69) is 4.74 Å². The number of carbonyl (C=O) groups is 2.